The Morgan fingerprint density at radius 1 is 1.08 bits per heavy atom. The highest BCUT2D eigenvalue weighted by Crippen LogP contribution is 2.37. The van der Waals surface area contributed by atoms with Gasteiger partial charge in [-0.15, -0.1) is 0 Å². The van der Waals surface area contributed by atoms with Crippen LogP contribution in [0.1, 0.15) is 72.5 Å². The summed E-state index contributed by atoms with van der Waals surface area (Å²) in [5.74, 6) is 0.695. The van der Waals surface area contributed by atoms with Crippen molar-refractivity contribution in [3.63, 3.8) is 0 Å². The van der Waals surface area contributed by atoms with E-state index in [1.54, 1.807) is 18.2 Å². The van der Waals surface area contributed by atoms with Crippen LogP contribution < -0.4 is 15.5 Å². The van der Waals surface area contributed by atoms with Crippen LogP contribution in [0.15, 0.2) is 69.4 Å². The summed E-state index contributed by atoms with van der Waals surface area (Å²) in [4.78, 5) is 39.5. The lowest BCUT2D eigenvalue weighted by Gasteiger charge is -2.30. The maximum atomic E-state index is 12.7. The molecule has 3 aromatic rings. The fraction of sp³-hybridized carbons (Fsp3) is 0.387. The molecule has 0 atom stereocenters. The molecule has 0 spiro atoms. The van der Waals surface area contributed by atoms with Gasteiger partial charge in [-0.3, -0.25) is 14.4 Å². The van der Waals surface area contributed by atoms with Crippen molar-refractivity contribution in [2.24, 2.45) is 0 Å². The summed E-state index contributed by atoms with van der Waals surface area (Å²) >= 11 is 0. The second-order valence-corrected chi connectivity index (χ2v) is 10.1. The molecular formula is C31H34N2O5. The fourth-order valence-corrected chi connectivity index (χ4v) is 5.61. The highest BCUT2D eigenvalue weighted by atomic mass is 16.5. The minimum Gasteiger partial charge on any atom is -0.493 e. The Balaban J connectivity index is 1.18. The smallest absolute Gasteiger partial charge is 0.287 e. The van der Waals surface area contributed by atoms with Gasteiger partial charge in [-0.05, 0) is 67.7 Å². The molecule has 1 N–H and O–H groups in total. The minimum atomic E-state index is -0.429. The van der Waals surface area contributed by atoms with Gasteiger partial charge in [-0.1, -0.05) is 42.0 Å². The summed E-state index contributed by atoms with van der Waals surface area (Å²) in [6.07, 6.45) is 8.86. The van der Waals surface area contributed by atoms with Crippen molar-refractivity contribution in [1.82, 2.24) is 10.2 Å². The standard InChI is InChI=1S/C31H34N2O5/c1-37-27-10-6-9-25-26(34)19-28(38-30(25)27)31(36)32-17-16-21-12-14-22(15-13-21)24-8-3-2-7-23(24)20-33-18-5-4-11-29(33)35/h2-3,6-10,16,19,22H,4-5,11-15,17-18,20H2,1H3,(H,32,36). The van der Waals surface area contributed by atoms with Crippen LogP contribution in [0.3, 0.4) is 0 Å². The van der Waals surface area contributed by atoms with E-state index in [9.17, 15) is 14.4 Å². The van der Waals surface area contributed by atoms with Crippen LogP contribution in [0.2, 0.25) is 0 Å². The van der Waals surface area contributed by atoms with Crippen molar-refractivity contribution < 1.29 is 18.7 Å². The van der Waals surface area contributed by atoms with Gasteiger partial charge >= 0.3 is 0 Å². The molecule has 0 bridgehead atoms. The van der Waals surface area contributed by atoms with Gasteiger partial charge in [-0.2, -0.15) is 0 Å². The molecule has 7 nitrogen and oxygen atoms in total. The Bertz CT molecular complexity index is 1410. The first kappa shape index (κ1) is 25.8. The molecule has 0 radical (unpaired) electrons. The third-order valence-electron chi connectivity index (χ3n) is 7.72. The predicted molar refractivity (Wildman–Crippen MR) is 146 cm³/mol. The van der Waals surface area contributed by atoms with Crippen LogP contribution >= 0.6 is 0 Å². The Hall–Kier alpha value is -3.87. The number of para-hydroxylation sites is 1. The van der Waals surface area contributed by atoms with Crippen molar-refractivity contribution in [2.45, 2.75) is 57.4 Å². The Kier molecular flexibility index (Phi) is 7.91. The quantitative estimate of drug-likeness (QED) is 0.431. The number of methoxy groups -OCH3 is 1. The summed E-state index contributed by atoms with van der Waals surface area (Å²) in [6.45, 7) is 1.93. The first-order valence-corrected chi connectivity index (χ1v) is 13.5. The maximum absolute atomic E-state index is 12.7. The number of rotatable bonds is 7. The summed E-state index contributed by atoms with van der Waals surface area (Å²) in [6, 6.07) is 14.8. The number of piperidine rings is 1. The van der Waals surface area contributed by atoms with Crippen molar-refractivity contribution in [3.05, 3.63) is 87.3 Å². The van der Waals surface area contributed by atoms with Crippen molar-refractivity contribution in [2.75, 3.05) is 20.2 Å². The van der Waals surface area contributed by atoms with E-state index in [0.717, 1.165) is 45.1 Å². The van der Waals surface area contributed by atoms with Gasteiger partial charge in [0.15, 0.2) is 22.5 Å². The highest BCUT2D eigenvalue weighted by molar-refractivity contribution is 5.94. The van der Waals surface area contributed by atoms with Gasteiger partial charge in [0.2, 0.25) is 5.91 Å². The third-order valence-corrected chi connectivity index (χ3v) is 7.72. The number of likely N-dealkylation sites (tertiary alicyclic amines) is 1. The average molecular weight is 515 g/mol. The molecule has 2 amide bonds. The first-order valence-electron chi connectivity index (χ1n) is 13.5. The van der Waals surface area contributed by atoms with Crippen LogP contribution in [0.5, 0.6) is 5.75 Å². The lowest BCUT2D eigenvalue weighted by Crippen LogP contribution is -2.35. The number of nitrogens with one attached hydrogen (secondary N) is 1. The minimum absolute atomic E-state index is 0.0297. The average Bonchev–Trinajstić information content (AvgIpc) is 2.94. The maximum Gasteiger partial charge on any atom is 0.287 e. The summed E-state index contributed by atoms with van der Waals surface area (Å²) in [5.41, 5.74) is 3.94. The predicted octanol–water partition coefficient (Wildman–Crippen LogP) is 5.33. The number of hydrogen-bond acceptors (Lipinski definition) is 5. The molecule has 7 heteroatoms. The van der Waals surface area contributed by atoms with Gasteiger partial charge in [0, 0.05) is 32.1 Å². The molecule has 38 heavy (non-hydrogen) atoms. The van der Waals surface area contributed by atoms with Crippen LogP contribution in [0.4, 0.5) is 0 Å². The number of carbonyl (C=O) groups is 2. The second kappa shape index (κ2) is 11.7. The zero-order chi connectivity index (χ0) is 26.5. The van der Waals surface area contributed by atoms with E-state index in [2.05, 4.69) is 35.7 Å². The van der Waals surface area contributed by atoms with Crippen molar-refractivity contribution >= 4 is 22.8 Å². The normalized spacial score (nSPS) is 17.9. The number of fused-ring (bicyclic) bond motifs is 1. The van der Waals surface area contributed by atoms with Gasteiger partial charge < -0.3 is 19.4 Å². The fourth-order valence-electron chi connectivity index (χ4n) is 5.61. The number of ether oxygens (including phenoxy) is 1. The topological polar surface area (TPSA) is 88.9 Å². The number of amides is 2. The number of hydrogen-bond donors (Lipinski definition) is 1. The van der Waals surface area contributed by atoms with Crippen LogP contribution in [0, 0.1) is 0 Å². The van der Waals surface area contributed by atoms with Gasteiger partial charge in [0.05, 0.1) is 12.5 Å². The molecule has 0 unspecified atom stereocenters. The monoisotopic (exact) mass is 514 g/mol. The number of carbonyl (C=O) groups excluding carboxylic acids is 2. The van der Waals surface area contributed by atoms with Gasteiger partial charge in [-0.25, -0.2) is 0 Å². The van der Waals surface area contributed by atoms with Gasteiger partial charge in [0.25, 0.3) is 5.91 Å². The number of allylic oxidation sites excluding steroid dienone is 1. The molecule has 198 valence electrons. The van der Waals surface area contributed by atoms with E-state index < -0.39 is 5.91 Å². The zero-order valence-electron chi connectivity index (χ0n) is 21.8. The molecule has 2 heterocycles. The van der Waals surface area contributed by atoms with E-state index >= 15 is 0 Å². The summed E-state index contributed by atoms with van der Waals surface area (Å²) in [7, 11) is 1.50. The Labute approximate surface area is 222 Å². The summed E-state index contributed by atoms with van der Waals surface area (Å²) < 4.78 is 11.0. The molecule has 1 aliphatic heterocycles. The number of benzene rings is 2. The van der Waals surface area contributed by atoms with Crippen LogP contribution in [0.25, 0.3) is 11.0 Å². The van der Waals surface area contributed by atoms with E-state index in [1.807, 2.05) is 4.90 Å². The van der Waals surface area contributed by atoms with Crippen LogP contribution in [-0.4, -0.2) is 36.9 Å². The summed E-state index contributed by atoms with van der Waals surface area (Å²) in [5, 5.41) is 3.23. The van der Waals surface area contributed by atoms with Crippen LogP contribution in [-0.2, 0) is 11.3 Å². The lowest BCUT2D eigenvalue weighted by atomic mass is 9.79. The second-order valence-electron chi connectivity index (χ2n) is 10.1. The SMILES string of the molecule is COc1cccc2c(=O)cc(C(=O)NCC=C3CCC(c4ccccc4CN4CCCCC4=O)CC3)oc12. The molecule has 2 fully saturated rings. The highest BCUT2D eigenvalue weighted by Gasteiger charge is 2.24. The lowest BCUT2D eigenvalue weighted by molar-refractivity contribution is -0.133. The molecule has 1 saturated carbocycles. The van der Waals surface area contributed by atoms with Gasteiger partial charge in [0.1, 0.15) is 0 Å². The van der Waals surface area contributed by atoms with E-state index in [0.29, 0.717) is 36.6 Å². The zero-order valence-corrected chi connectivity index (χ0v) is 21.8. The van der Waals surface area contributed by atoms with E-state index in [-0.39, 0.29) is 22.7 Å². The molecule has 2 aromatic carbocycles. The molecular weight excluding hydrogens is 480 g/mol. The number of nitrogens with zero attached hydrogens (tertiary/aromatic N) is 1. The largest absolute Gasteiger partial charge is 0.493 e. The first-order chi connectivity index (χ1) is 18.5. The Morgan fingerprint density at radius 2 is 1.89 bits per heavy atom. The third kappa shape index (κ3) is 5.67. The van der Waals surface area contributed by atoms with Crippen molar-refractivity contribution in [3.8, 4) is 5.75 Å². The molecule has 1 saturated heterocycles. The molecule has 1 aromatic heterocycles. The van der Waals surface area contributed by atoms with E-state index in [1.165, 1.54) is 29.9 Å². The molecule has 2 aliphatic rings. The van der Waals surface area contributed by atoms with Crippen molar-refractivity contribution in [1.29, 1.82) is 0 Å². The molecule has 1 aliphatic carbocycles. The van der Waals surface area contributed by atoms with E-state index in [4.69, 9.17) is 9.15 Å². The molecule has 5 rings (SSSR count). The Morgan fingerprint density at radius 3 is 2.68 bits per heavy atom.